The van der Waals surface area contributed by atoms with Crippen LogP contribution < -0.4 is 5.46 Å². The van der Waals surface area contributed by atoms with Crippen LogP contribution in [0.2, 0.25) is 0 Å². The zero-order valence-electron chi connectivity index (χ0n) is 10.6. The second kappa shape index (κ2) is 7.11. The third-order valence-corrected chi connectivity index (χ3v) is 3.28. The Morgan fingerprint density at radius 1 is 1.06 bits per heavy atom. The van der Waals surface area contributed by atoms with Crippen molar-refractivity contribution in [3.8, 4) is 0 Å². The van der Waals surface area contributed by atoms with Crippen molar-refractivity contribution in [3.05, 3.63) is 29.8 Å². The summed E-state index contributed by atoms with van der Waals surface area (Å²) in [4.78, 5) is 4.76. The zero-order chi connectivity index (χ0) is 12.3. The molecule has 0 unspecified atom stereocenters. The minimum absolute atomic E-state index is 0. The van der Waals surface area contributed by atoms with E-state index in [4.69, 9.17) is 10.0 Å². The largest absolute Gasteiger partial charge is 0.488 e. The van der Waals surface area contributed by atoms with Gasteiger partial charge in [0.15, 0.2) is 0 Å². The normalized spacial score (nSPS) is 17.3. The molecular weight excluding hydrogens is 250 g/mol. The van der Waals surface area contributed by atoms with Crippen LogP contribution >= 0.6 is 12.4 Å². The lowest BCUT2D eigenvalue weighted by Crippen LogP contribution is -2.43. The maximum Gasteiger partial charge on any atom is 0.488 e. The highest BCUT2D eigenvalue weighted by molar-refractivity contribution is 6.58. The summed E-state index contributed by atoms with van der Waals surface area (Å²) in [5.41, 5.74) is 1.77. The molecule has 4 nitrogen and oxygen atoms in total. The summed E-state index contributed by atoms with van der Waals surface area (Å²) in [6.45, 7) is 5.37. The van der Waals surface area contributed by atoms with E-state index in [2.05, 4.69) is 16.8 Å². The van der Waals surface area contributed by atoms with Crippen LogP contribution in [0.5, 0.6) is 0 Å². The summed E-state index contributed by atoms with van der Waals surface area (Å²) in [6.07, 6.45) is 0. The van der Waals surface area contributed by atoms with Gasteiger partial charge in [0.25, 0.3) is 0 Å². The SMILES string of the molecule is CN1CCN(Cc2ccc(B(O)O)cc2)CC1.Cl. The molecule has 1 heterocycles. The molecular formula is C12H20BClN2O2. The molecule has 18 heavy (non-hydrogen) atoms. The van der Waals surface area contributed by atoms with Crippen molar-refractivity contribution in [2.24, 2.45) is 0 Å². The van der Waals surface area contributed by atoms with E-state index in [0.717, 1.165) is 32.7 Å². The van der Waals surface area contributed by atoms with Gasteiger partial charge >= 0.3 is 7.12 Å². The zero-order valence-corrected chi connectivity index (χ0v) is 11.4. The first-order chi connectivity index (χ1) is 8.15. The summed E-state index contributed by atoms with van der Waals surface area (Å²) in [5, 5.41) is 18.0. The van der Waals surface area contributed by atoms with Gasteiger partial charge < -0.3 is 14.9 Å². The molecule has 100 valence electrons. The summed E-state index contributed by atoms with van der Waals surface area (Å²) in [7, 11) is 0.780. The first-order valence-electron chi connectivity index (χ1n) is 6.01. The molecule has 2 N–H and O–H groups in total. The molecule has 0 atom stereocenters. The fourth-order valence-electron chi connectivity index (χ4n) is 2.06. The number of nitrogens with zero attached hydrogens (tertiary/aromatic N) is 2. The molecule has 0 amide bonds. The second-order valence-corrected chi connectivity index (χ2v) is 4.69. The van der Waals surface area contributed by atoms with Gasteiger partial charge in [0.05, 0.1) is 0 Å². The van der Waals surface area contributed by atoms with Gasteiger partial charge in [-0.25, -0.2) is 0 Å². The Bertz CT molecular complexity index is 354. The van der Waals surface area contributed by atoms with Crippen LogP contribution in [0.15, 0.2) is 24.3 Å². The molecule has 0 spiro atoms. The highest BCUT2D eigenvalue weighted by atomic mass is 35.5. The van der Waals surface area contributed by atoms with Crippen LogP contribution in [0.25, 0.3) is 0 Å². The molecule has 0 radical (unpaired) electrons. The summed E-state index contributed by atoms with van der Waals surface area (Å²) >= 11 is 0. The van der Waals surface area contributed by atoms with E-state index in [-0.39, 0.29) is 12.4 Å². The molecule has 1 aliphatic heterocycles. The van der Waals surface area contributed by atoms with E-state index < -0.39 is 7.12 Å². The summed E-state index contributed by atoms with van der Waals surface area (Å²) in [5.74, 6) is 0. The van der Waals surface area contributed by atoms with Crippen molar-refractivity contribution >= 4 is 25.0 Å². The van der Waals surface area contributed by atoms with Crippen molar-refractivity contribution in [3.63, 3.8) is 0 Å². The third kappa shape index (κ3) is 4.26. The van der Waals surface area contributed by atoms with Gasteiger partial charge in [-0.05, 0) is 18.1 Å². The van der Waals surface area contributed by atoms with Crippen LogP contribution in [0.1, 0.15) is 5.56 Å². The molecule has 1 aromatic carbocycles. The van der Waals surface area contributed by atoms with Crippen molar-refractivity contribution in [2.45, 2.75) is 6.54 Å². The van der Waals surface area contributed by atoms with Crippen LogP contribution in [0.4, 0.5) is 0 Å². The monoisotopic (exact) mass is 270 g/mol. The quantitative estimate of drug-likeness (QED) is 0.730. The van der Waals surface area contributed by atoms with Gasteiger partial charge in [-0.3, -0.25) is 4.90 Å². The number of piperazine rings is 1. The lowest BCUT2D eigenvalue weighted by Gasteiger charge is -2.32. The van der Waals surface area contributed by atoms with E-state index in [0.29, 0.717) is 5.46 Å². The Morgan fingerprint density at radius 2 is 1.61 bits per heavy atom. The Hall–Kier alpha value is -0.585. The second-order valence-electron chi connectivity index (χ2n) is 4.69. The maximum atomic E-state index is 9.00. The van der Waals surface area contributed by atoms with Crippen LogP contribution in [0, 0.1) is 0 Å². The van der Waals surface area contributed by atoms with Crippen molar-refractivity contribution < 1.29 is 10.0 Å². The molecule has 6 heteroatoms. The van der Waals surface area contributed by atoms with Gasteiger partial charge in [-0.1, -0.05) is 24.3 Å². The molecule has 0 aromatic heterocycles. The standard InChI is InChI=1S/C12H19BN2O2.ClH/c1-14-6-8-15(9-7-14)10-11-2-4-12(5-3-11)13(16)17;/h2-5,16-17H,6-10H2,1H3;1H. The Kier molecular flexibility index (Phi) is 6.12. The third-order valence-electron chi connectivity index (χ3n) is 3.28. The number of rotatable bonds is 3. The first kappa shape index (κ1) is 15.5. The van der Waals surface area contributed by atoms with E-state index in [9.17, 15) is 0 Å². The highest BCUT2D eigenvalue weighted by Gasteiger charge is 2.14. The van der Waals surface area contributed by atoms with Crippen LogP contribution in [0.3, 0.4) is 0 Å². The molecule has 1 aromatic rings. The average molecular weight is 271 g/mol. The number of hydrogen-bond donors (Lipinski definition) is 2. The van der Waals surface area contributed by atoms with Gasteiger partial charge in [0.2, 0.25) is 0 Å². The van der Waals surface area contributed by atoms with Gasteiger partial charge in [0, 0.05) is 32.7 Å². The smallest absolute Gasteiger partial charge is 0.423 e. The van der Waals surface area contributed by atoms with Crippen LogP contribution in [-0.4, -0.2) is 60.2 Å². The Labute approximate surface area is 115 Å². The van der Waals surface area contributed by atoms with E-state index in [1.54, 1.807) is 12.1 Å². The Morgan fingerprint density at radius 3 is 2.11 bits per heavy atom. The molecule has 0 bridgehead atoms. The number of benzene rings is 1. The predicted octanol–water partition coefficient (Wildman–Crippen LogP) is -0.464. The minimum Gasteiger partial charge on any atom is -0.423 e. The van der Waals surface area contributed by atoms with Gasteiger partial charge in [-0.2, -0.15) is 0 Å². The molecule has 0 aliphatic carbocycles. The average Bonchev–Trinajstić information content (AvgIpc) is 2.33. The van der Waals surface area contributed by atoms with E-state index >= 15 is 0 Å². The molecule has 1 fully saturated rings. The van der Waals surface area contributed by atoms with E-state index in [1.165, 1.54) is 5.56 Å². The van der Waals surface area contributed by atoms with Gasteiger partial charge in [-0.15, -0.1) is 12.4 Å². The molecule has 2 rings (SSSR count). The molecule has 1 aliphatic rings. The van der Waals surface area contributed by atoms with Gasteiger partial charge in [0.1, 0.15) is 0 Å². The van der Waals surface area contributed by atoms with Crippen molar-refractivity contribution in [2.75, 3.05) is 33.2 Å². The number of halogens is 1. The number of hydrogen-bond acceptors (Lipinski definition) is 4. The fourth-order valence-corrected chi connectivity index (χ4v) is 2.06. The number of likely N-dealkylation sites (N-methyl/N-ethyl adjacent to an activating group) is 1. The van der Waals surface area contributed by atoms with Crippen molar-refractivity contribution in [1.82, 2.24) is 9.80 Å². The van der Waals surface area contributed by atoms with E-state index in [1.807, 2.05) is 12.1 Å². The topological polar surface area (TPSA) is 46.9 Å². The highest BCUT2D eigenvalue weighted by Crippen LogP contribution is 2.06. The molecule has 0 saturated carbocycles. The Balaban J connectivity index is 0.00000162. The lowest BCUT2D eigenvalue weighted by atomic mass is 9.80. The maximum absolute atomic E-state index is 9.00. The lowest BCUT2D eigenvalue weighted by molar-refractivity contribution is 0.148. The molecule has 1 saturated heterocycles. The summed E-state index contributed by atoms with van der Waals surface area (Å²) in [6, 6.07) is 7.48. The van der Waals surface area contributed by atoms with Crippen LogP contribution in [-0.2, 0) is 6.54 Å². The summed E-state index contributed by atoms with van der Waals surface area (Å²) < 4.78 is 0. The first-order valence-corrected chi connectivity index (χ1v) is 6.01. The van der Waals surface area contributed by atoms with Crippen molar-refractivity contribution in [1.29, 1.82) is 0 Å². The minimum atomic E-state index is -1.37. The predicted molar refractivity (Wildman–Crippen MR) is 76.3 cm³/mol. The fraction of sp³-hybridized carbons (Fsp3) is 0.500.